The van der Waals surface area contributed by atoms with Crippen LogP contribution in [0.4, 0.5) is 10.1 Å². The zero-order valence-electron chi connectivity index (χ0n) is 20.6. The van der Waals surface area contributed by atoms with Crippen molar-refractivity contribution in [3.8, 4) is 16.9 Å². The van der Waals surface area contributed by atoms with Gasteiger partial charge in [0.15, 0.2) is 12.4 Å². The molecule has 0 fully saturated rings. The third kappa shape index (κ3) is 5.43. The van der Waals surface area contributed by atoms with E-state index in [2.05, 4.69) is 27.6 Å². The molecule has 186 valence electrons. The average Bonchev–Trinajstić information content (AvgIpc) is 3.50. The van der Waals surface area contributed by atoms with Crippen LogP contribution in [0.25, 0.3) is 11.1 Å². The van der Waals surface area contributed by atoms with Crippen LogP contribution < -0.4 is 10.1 Å². The molecule has 0 radical (unpaired) electrons. The maximum atomic E-state index is 14.1. The molecule has 1 N–H and O–H groups in total. The van der Waals surface area contributed by atoms with Gasteiger partial charge >= 0.3 is 0 Å². The number of hydrogen-bond acceptors (Lipinski definition) is 4. The summed E-state index contributed by atoms with van der Waals surface area (Å²) in [5, 5.41) is 11.7. The number of anilines is 1. The van der Waals surface area contributed by atoms with E-state index in [-0.39, 0.29) is 30.7 Å². The first kappa shape index (κ1) is 24.0. The van der Waals surface area contributed by atoms with Gasteiger partial charge in [-0.25, -0.2) is 9.07 Å². The second-order valence-corrected chi connectivity index (χ2v) is 8.65. The van der Waals surface area contributed by atoms with E-state index in [0.29, 0.717) is 22.7 Å². The third-order valence-corrected chi connectivity index (χ3v) is 6.10. The topological polar surface area (TPSA) is 74.0 Å². The van der Waals surface area contributed by atoms with Gasteiger partial charge in [0, 0.05) is 11.8 Å². The minimum absolute atomic E-state index is 0.163. The van der Waals surface area contributed by atoms with Crippen LogP contribution in [0, 0.1) is 19.7 Å². The number of carbonyl (C=O) groups excluding carboxylic acids is 1. The van der Waals surface area contributed by atoms with E-state index in [1.54, 1.807) is 46.7 Å². The van der Waals surface area contributed by atoms with Gasteiger partial charge in [-0.2, -0.15) is 10.2 Å². The molecule has 2 aromatic heterocycles. The molecular formula is C29H26FN5O2. The minimum Gasteiger partial charge on any atom is -0.471 e. The lowest BCUT2D eigenvalue weighted by Crippen LogP contribution is -2.15. The Morgan fingerprint density at radius 2 is 1.59 bits per heavy atom. The average molecular weight is 496 g/mol. The highest BCUT2D eigenvalue weighted by molar-refractivity contribution is 6.03. The summed E-state index contributed by atoms with van der Waals surface area (Å²) < 4.78 is 23.1. The molecule has 0 bridgehead atoms. The summed E-state index contributed by atoms with van der Waals surface area (Å²) in [7, 11) is 0. The summed E-state index contributed by atoms with van der Waals surface area (Å²) in [6.07, 6.45) is 1.69. The molecule has 8 heteroatoms. The molecule has 0 aliphatic heterocycles. The fourth-order valence-electron chi connectivity index (χ4n) is 4.07. The monoisotopic (exact) mass is 495 g/mol. The first-order valence-corrected chi connectivity index (χ1v) is 11.9. The third-order valence-electron chi connectivity index (χ3n) is 6.10. The van der Waals surface area contributed by atoms with Crippen LogP contribution in [0.5, 0.6) is 5.75 Å². The van der Waals surface area contributed by atoms with Gasteiger partial charge in [0.25, 0.3) is 5.91 Å². The quantitative estimate of drug-likeness (QED) is 0.294. The highest BCUT2D eigenvalue weighted by Gasteiger charge is 2.18. The van der Waals surface area contributed by atoms with Crippen molar-refractivity contribution in [1.82, 2.24) is 19.6 Å². The molecule has 0 aliphatic carbocycles. The van der Waals surface area contributed by atoms with Gasteiger partial charge in [-0.05, 0) is 49.2 Å². The normalized spacial score (nSPS) is 10.9. The number of hydrogen-bond donors (Lipinski definition) is 1. The highest BCUT2D eigenvalue weighted by Crippen LogP contribution is 2.23. The van der Waals surface area contributed by atoms with Crippen LogP contribution >= 0.6 is 0 Å². The summed E-state index contributed by atoms with van der Waals surface area (Å²) in [5.74, 6) is 0.0536. The Bertz CT molecular complexity index is 1520. The Balaban J connectivity index is 1.21. The number of halogens is 1. The van der Waals surface area contributed by atoms with Crippen molar-refractivity contribution in [1.29, 1.82) is 0 Å². The fourth-order valence-corrected chi connectivity index (χ4v) is 4.07. The van der Waals surface area contributed by atoms with Crippen LogP contribution in [0.3, 0.4) is 0 Å². The Hall–Kier alpha value is -4.72. The molecule has 7 nitrogen and oxygen atoms in total. The van der Waals surface area contributed by atoms with Crippen molar-refractivity contribution < 1.29 is 13.9 Å². The largest absolute Gasteiger partial charge is 0.471 e. The molecular weight excluding hydrogens is 469 g/mol. The number of amides is 1. The van der Waals surface area contributed by atoms with Crippen LogP contribution in [-0.2, 0) is 13.3 Å². The first-order valence-electron chi connectivity index (χ1n) is 11.9. The van der Waals surface area contributed by atoms with E-state index in [4.69, 9.17) is 4.74 Å². The summed E-state index contributed by atoms with van der Waals surface area (Å²) in [6.45, 7) is 4.08. The lowest BCUT2D eigenvalue weighted by Gasteiger charge is -2.08. The standard InChI is InChI=1S/C29H26FN5O2/c1-20-28(21(2)35(32-20)18-24-10-6-7-11-26(24)30)31-29(36)27-16-17-34(33-27)19-37-25-14-12-23(13-15-25)22-8-4-3-5-9-22/h3-17H,18-19H2,1-2H3,(H,31,36). The lowest BCUT2D eigenvalue weighted by atomic mass is 10.1. The van der Waals surface area contributed by atoms with Gasteiger partial charge < -0.3 is 10.1 Å². The predicted octanol–water partition coefficient (Wildman–Crippen LogP) is 5.84. The molecule has 0 unspecified atom stereocenters. The SMILES string of the molecule is Cc1nn(Cc2ccccc2F)c(C)c1NC(=O)c1ccn(COc2ccc(-c3ccccc3)cc2)n1. The zero-order chi connectivity index (χ0) is 25.8. The van der Waals surface area contributed by atoms with Gasteiger partial charge in [-0.3, -0.25) is 9.48 Å². The molecule has 3 aromatic carbocycles. The fraction of sp³-hybridized carbons (Fsp3) is 0.138. The summed E-state index contributed by atoms with van der Waals surface area (Å²) in [4.78, 5) is 12.9. The van der Waals surface area contributed by atoms with Gasteiger partial charge in [-0.1, -0.05) is 60.7 Å². The van der Waals surface area contributed by atoms with E-state index in [1.165, 1.54) is 6.07 Å². The van der Waals surface area contributed by atoms with Gasteiger partial charge in [-0.15, -0.1) is 0 Å². The second kappa shape index (κ2) is 10.5. The Labute approximate surface area is 214 Å². The number of aryl methyl sites for hydroxylation is 1. The van der Waals surface area contributed by atoms with Crippen molar-refractivity contribution in [2.24, 2.45) is 0 Å². The number of nitrogens with zero attached hydrogens (tertiary/aromatic N) is 4. The number of ether oxygens (including phenoxy) is 1. The molecule has 2 heterocycles. The summed E-state index contributed by atoms with van der Waals surface area (Å²) in [5.41, 5.74) is 4.99. The van der Waals surface area contributed by atoms with Crippen molar-refractivity contribution in [2.45, 2.75) is 27.1 Å². The van der Waals surface area contributed by atoms with E-state index < -0.39 is 0 Å². The van der Waals surface area contributed by atoms with Crippen LogP contribution in [0.2, 0.25) is 0 Å². The first-order chi connectivity index (χ1) is 18.0. The molecule has 5 aromatic rings. The molecule has 0 saturated heterocycles. The predicted molar refractivity (Wildman–Crippen MR) is 140 cm³/mol. The number of rotatable bonds is 8. The van der Waals surface area contributed by atoms with E-state index in [1.807, 2.05) is 49.4 Å². The van der Waals surface area contributed by atoms with Crippen molar-refractivity contribution in [3.63, 3.8) is 0 Å². The number of aromatic nitrogens is 4. The van der Waals surface area contributed by atoms with Crippen LogP contribution in [-0.4, -0.2) is 25.5 Å². The molecule has 1 amide bonds. The van der Waals surface area contributed by atoms with Gasteiger partial charge in [0.2, 0.25) is 0 Å². The van der Waals surface area contributed by atoms with Gasteiger partial charge in [0.1, 0.15) is 11.6 Å². The maximum absolute atomic E-state index is 14.1. The Morgan fingerprint density at radius 1 is 0.892 bits per heavy atom. The Morgan fingerprint density at radius 3 is 2.35 bits per heavy atom. The summed E-state index contributed by atoms with van der Waals surface area (Å²) in [6, 6.07) is 26.1. The highest BCUT2D eigenvalue weighted by atomic mass is 19.1. The molecule has 0 aliphatic rings. The van der Waals surface area contributed by atoms with E-state index >= 15 is 0 Å². The van der Waals surface area contributed by atoms with Crippen LogP contribution in [0.1, 0.15) is 27.4 Å². The van der Waals surface area contributed by atoms with Crippen molar-refractivity contribution in [3.05, 3.63) is 120 Å². The smallest absolute Gasteiger partial charge is 0.276 e. The lowest BCUT2D eigenvalue weighted by molar-refractivity contribution is 0.102. The molecule has 0 saturated carbocycles. The van der Waals surface area contributed by atoms with E-state index in [0.717, 1.165) is 16.8 Å². The summed E-state index contributed by atoms with van der Waals surface area (Å²) >= 11 is 0. The van der Waals surface area contributed by atoms with Crippen molar-refractivity contribution in [2.75, 3.05) is 5.32 Å². The van der Waals surface area contributed by atoms with Crippen LogP contribution in [0.15, 0.2) is 91.1 Å². The molecule has 0 atom stereocenters. The number of nitrogens with one attached hydrogen (secondary N) is 1. The van der Waals surface area contributed by atoms with E-state index in [9.17, 15) is 9.18 Å². The van der Waals surface area contributed by atoms with Crippen molar-refractivity contribution >= 4 is 11.6 Å². The Kier molecular flexibility index (Phi) is 6.81. The maximum Gasteiger partial charge on any atom is 0.276 e. The number of benzene rings is 3. The number of carbonyl (C=O) groups is 1. The zero-order valence-corrected chi connectivity index (χ0v) is 20.6. The van der Waals surface area contributed by atoms with Gasteiger partial charge in [0.05, 0.1) is 23.6 Å². The molecule has 0 spiro atoms. The minimum atomic E-state index is -0.359. The molecule has 37 heavy (non-hydrogen) atoms. The second-order valence-electron chi connectivity index (χ2n) is 8.65. The molecule has 5 rings (SSSR count).